The van der Waals surface area contributed by atoms with Crippen LogP contribution in [0.5, 0.6) is 0 Å². The fraction of sp³-hybridized carbons (Fsp3) is 0.636. The molecule has 0 atom stereocenters. The van der Waals surface area contributed by atoms with E-state index in [9.17, 15) is 0 Å². The molecule has 0 aliphatic carbocycles. The first-order valence-corrected chi connectivity index (χ1v) is 4.52. The van der Waals surface area contributed by atoms with Gasteiger partial charge in [0.15, 0.2) is 0 Å². The van der Waals surface area contributed by atoms with Crippen LogP contribution in [-0.2, 0) is 0 Å². The van der Waals surface area contributed by atoms with E-state index >= 15 is 0 Å². The predicted octanol–water partition coefficient (Wildman–Crippen LogP) is 4.22. The average molecular weight is 170 g/mol. The molecule has 1 N–H and O–H groups in total. The molecule has 12 heavy (non-hydrogen) atoms. The zero-order chi connectivity index (χ0) is 10.1. The highest BCUT2D eigenvalue weighted by Gasteiger charge is 1.90. The van der Waals surface area contributed by atoms with Crippen molar-refractivity contribution < 1.29 is 5.11 Å². The lowest BCUT2D eigenvalue weighted by Gasteiger charge is -1.97. The first kappa shape index (κ1) is 13.8. The van der Waals surface area contributed by atoms with E-state index in [0.717, 1.165) is 12.0 Å². The van der Waals surface area contributed by atoms with Crippen molar-refractivity contribution in [3.63, 3.8) is 0 Å². The van der Waals surface area contributed by atoms with Gasteiger partial charge in [0.2, 0.25) is 0 Å². The van der Waals surface area contributed by atoms with Gasteiger partial charge in [-0.1, -0.05) is 25.5 Å². The van der Waals surface area contributed by atoms with E-state index < -0.39 is 0 Å². The second kappa shape index (κ2) is 8.38. The number of rotatable bonds is 2. The Morgan fingerprint density at radius 2 is 1.50 bits per heavy atom. The molecular formula is C11H22O. The van der Waals surface area contributed by atoms with Crippen molar-refractivity contribution in [2.24, 2.45) is 0 Å². The van der Waals surface area contributed by atoms with Gasteiger partial charge in [0.05, 0.1) is 5.76 Å². The van der Waals surface area contributed by atoms with Gasteiger partial charge in [-0.05, 0) is 39.7 Å². The lowest BCUT2D eigenvalue weighted by Crippen LogP contribution is -1.80. The number of aliphatic hydroxyl groups is 1. The van der Waals surface area contributed by atoms with Gasteiger partial charge in [-0.2, -0.15) is 0 Å². The summed E-state index contributed by atoms with van der Waals surface area (Å²) in [5.74, 6) is 0.442. The van der Waals surface area contributed by atoms with Gasteiger partial charge in [-0.15, -0.1) is 0 Å². The maximum atomic E-state index is 8.98. The summed E-state index contributed by atoms with van der Waals surface area (Å²) in [5.41, 5.74) is 2.34. The highest BCUT2D eigenvalue weighted by Crippen LogP contribution is 2.07. The normalized spacial score (nSPS) is 10.8. The van der Waals surface area contributed by atoms with Gasteiger partial charge in [-0.25, -0.2) is 0 Å². The molecule has 72 valence electrons. The minimum atomic E-state index is 0.442. The standard InChI is InChI=1S/C9H16O.C2H6/c1-7(2)5-6-8(3)9(4)10;1-2/h5,10H,6H2,1-4H3;1-2H3/b9-8+;. The molecule has 0 heterocycles. The van der Waals surface area contributed by atoms with Crippen LogP contribution in [0, 0.1) is 0 Å². The van der Waals surface area contributed by atoms with Crippen LogP contribution in [0.2, 0.25) is 0 Å². The second-order valence-corrected chi connectivity index (χ2v) is 2.85. The van der Waals surface area contributed by atoms with E-state index in [1.165, 1.54) is 5.57 Å². The smallest absolute Gasteiger partial charge is 0.0884 e. The Hall–Kier alpha value is -0.720. The maximum Gasteiger partial charge on any atom is 0.0884 e. The second-order valence-electron chi connectivity index (χ2n) is 2.85. The molecule has 0 aliphatic heterocycles. The molecule has 0 saturated carbocycles. The van der Waals surface area contributed by atoms with Gasteiger partial charge in [0.1, 0.15) is 0 Å². The van der Waals surface area contributed by atoms with Crippen molar-refractivity contribution >= 4 is 0 Å². The molecule has 0 radical (unpaired) electrons. The quantitative estimate of drug-likeness (QED) is 0.486. The zero-order valence-electron chi connectivity index (χ0n) is 9.23. The molecule has 0 bridgehead atoms. The van der Waals surface area contributed by atoms with E-state index in [1.54, 1.807) is 6.92 Å². The molecule has 0 aromatic heterocycles. The highest BCUT2D eigenvalue weighted by atomic mass is 16.3. The molecule has 0 rings (SSSR count). The van der Waals surface area contributed by atoms with E-state index in [-0.39, 0.29) is 0 Å². The van der Waals surface area contributed by atoms with Crippen LogP contribution in [0.4, 0.5) is 0 Å². The van der Waals surface area contributed by atoms with Crippen LogP contribution in [0.1, 0.15) is 48.0 Å². The monoisotopic (exact) mass is 170 g/mol. The summed E-state index contributed by atoms with van der Waals surface area (Å²) in [6, 6.07) is 0. The SMILES string of the molecule is CC.CC(C)=CC/C(C)=C(\C)O. The van der Waals surface area contributed by atoms with E-state index in [1.807, 2.05) is 20.8 Å². The third-order valence-electron chi connectivity index (χ3n) is 1.43. The molecule has 0 unspecified atom stereocenters. The first-order chi connectivity index (χ1) is 5.54. The third kappa shape index (κ3) is 9.28. The summed E-state index contributed by atoms with van der Waals surface area (Å²) in [7, 11) is 0. The van der Waals surface area contributed by atoms with Crippen LogP contribution in [-0.4, -0.2) is 5.11 Å². The van der Waals surface area contributed by atoms with Gasteiger partial charge >= 0.3 is 0 Å². The van der Waals surface area contributed by atoms with Crippen molar-refractivity contribution in [3.05, 3.63) is 23.0 Å². The van der Waals surface area contributed by atoms with Crippen molar-refractivity contribution in [3.8, 4) is 0 Å². The molecule has 0 fully saturated rings. The first-order valence-electron chi connectivity index (χ1n) is 4.52. The Morgan fingerprint density at radius 3 is 1.75 bits per heavy atom. The fourth-order valence-corrected chi connectivity index (χ4v) is 0.505. The Bertz CT molecular complexity index is 156. The number of hydrogen-bond donors (Lipinski definition) is 1. The van der Waals surface area contributed by atoms with Crippen LogP contribution < -0.4 is 0 Å². The predicted molar refractivity (Wildman–Crippen MR) is 56.4 cm³/mol. The minimum Gasteiger partial charge on any atom is -0.513 e. The average Bonchev–Trinajstić information content (AvgIpc) is 2.03. The lowest BCUT2D eigenvalue weighted by atomic mass is 10.1. The Labute approximate surface area is 76.8 Å². The van der Waals surface area contributed by atoms with Crippen LogP contribution in [0.15, 0.2) is 23.0 Å². The Morgan fingerprint density at radius 1 is 1.08 bits per heavy atom. The molecular weight excluding hydrogens is 148 g/mol. The largest absolute Gasteiger partial charge is 0.513 e. The molecule has 0 saturated heterocycles. The fourth-order valence-electron chi connectivity index (χ4n) is 0.505. The van der Waals surface area contributed by atoms with Crippen molar-refractivity contribution in [2.75, 3.05) is 0 Å². The van der Waals surface area contributed by atoms with Crippen molar-refractivity contribution in [2.45, 2.75) is 48.0 Å². The zero-order valence-corrected chi connectivity index (χ0v) is 9.23. The van der Waals surface area contributed by atoms with Gasteiger partial charge in [-0.3, -0.25) is 0 Å². The topological polar surface area (TPSA) is 20.2 Å². The molecule has 1 heteroatoms. The van der Waals surface area contributed by atoms with E-state index in [0.29, 0.717) is 5.76 Å². The summed E-state index contributed by atoms with van der Waals surface area (Å²) in [5, 5.41) is 8.98. The number of aliphatic hydroxyl groups excluding tert-OH is 1. The summed E-state index contributed by atoms with van der Waals surface area (Å²) in [4.78, 5) is 0. The molecule has 0 aromatic carbocycles. The Balaban J connectivity index is 0. The molecule has 0 spiro atoms. The Kier molecular flexibility index (Phi) is 9.66. The third-order valence-corrected chi connectivity index (χ3v) is 1.43. The van der Waals surface area contributed by atoms with Crippen LogP contribution in [0.25, 0.3) is 0 Å². The highest BCUT2D eigenvalue weighted by molar-refractivity contribution is 5.09. The van der Waals surface area contributed by atoms with E-state index in [2.05, 4.69) is 19.9 Å². The van der Waals surface area contributed by atoms with Crippen molar-refractivity contribution in [1.82, 2.24) is 0 Å². The molecule has 0 aliphatic rings. The van der Waals surface area contributed by atoms with Gasteiger partial charge in [0, 0.05) is 0 Å². The van der Waals surface area contributed by atoms with Gasteiger partial charge in [0.25, 0.3) is 0 Å². The summed E-state index contributed by atoms with van der Waals surface area (Å²) >= 11 is 0. The lowest BCUT2D eigenvalue weighted by molar-refractivity contribution is 0.406. The van der Waals surface area contributed by atoms with Crippen molar-refractivity contribution in [1.29, 1.82) is 0 Å². The number of hydrogen-bond acceptors (Lipinski definition) is 1. The summed E-state index contributed by atoms with van der Waals surface area (Å²) in [6.45, 7) is 11.8. The van der Waals surface area contributed by atoms with Gasteiger partial charge < -0.3 is 5.11 Å². The molecule has 1 nitrogen and oxygen atoms in total. The molecule has 0 aromatic rings. The number of allylic oxidation sites excluding steroid dienone is 4. The maximum absolute atomic E-state index is 8.98. The van der Waals surface area contributed by atoms with Crippen LogP contribution in [0.3, 0.4) is 0 Å². The molecule has 0 amide bonds. The minimum absolute atomic E-state index is 0.442. The summed E-state index contributed by atoms with van der Waals surface area (Å²) in [6.07, 6.45) is 2.97. The van der Waals surface area contributed by atoms with Crippen LogP contribution >= 0.6 is 0 Å². The van der Waals surface area contributed by atoms with E-state index in [4.69, 9.17) is 5.11 Å². The summed E-state index contributed by atoms with van der Waals surface area (Å²) < 4.78 is 0.